The first kappa shape index (κ1) is 19.7. The molecule has 6 heteroatoms. The number of rotatable bonds is 8. The Morgan fingerprint density at radius 1 is 1.11 bits per heavy atom. The molecule has 1 aliphatic rings. The molecular formula is C21H27NO4S. The van der Waals surface area contributed by atoms with Crippen LogP contribution in [0.25, 0.3) is 0 Å². The minimum Gasteiger partial charge on any atom is -0.493 e. The van der Waals surface area contributed by atoms with E-state index in [1.165, 1.54) is 24.2 Å². The summed E-state index contributed by atoms with van der Waals surface area (Å²) in [5.41, 5.74) is 0.964. The average molecular weight is 390 g/mol. The summed E-state index contributed by atoms with van der Waals surface area (Å²) in [7, 11) is 4.94. The van der Waals surface area contributed by atoms with Gasteiger partial charge in [0, 0.05) is 23.6 Å². The minimum absolute atomic E-state index is 0.0825. The predicted octanol–water partition coefficient (Wildman–Crippen LogP) is 4.50. The number of nitrogens with zero attached hydrogens (tertiary/aromatic N) is 1. The highest BCUT2D eigenvalue weighted by atomic mass is 32.1. The lowest BCUT2D eigenvalue weighted by atomic mass is 10.1. The van der Waals surface area contributed by atoms with Crippen molar-refractivity contribution in [2.75, 3.05) is 21.3 Å². The van der Waals surface area contributed by atoms with E-state index in [4.69, 9.17) is 14.2 Å². The Hall–Kier alpha value is -2.05. The zero-order valence-electron chi connectivity index (χ0n) is 16.2. The first-order valence-corrected chi connectivity index (χ1v) is 10.1. The zero-order valence-corrected chi connectivity index (χ0v) is 17.0. The maximum Gasteiger partial charge on any atom is 0.264 e. The quantitative estimate of drug-likeness (QED) is 0.667. The molecule has 146 valence electrons. The first-order valence-electron chi connectivity index (χ1n) is 9.26. The number of carbonyl (C=O) groups excluding carboxylic acids is 1. The molecule has 1 aliphatic carbocycles. The third kappa shape index (κ3) is 4.45. The normalized spacial score (nSPS) is 14.3. The van der Waals surface area contributed by atoms with E-state index < -0.39 is 0 Å². The number of carbonyl (C=O) groups is 1. The number of amides is 1. The smallest absolute Gasteiger partial charge is 0.264 e. The van der Waals surface area contributed by atoms with Crippen LogP contribution < -0.4 is 9.47 Å². The number of benzene rings is 1. The van der Waals surface area contributed by atoms with Gasteiger partial charge in [-0.3, -0.25) is 4.79 Å². The molecule has 0 atom stereocenters. The summed E-state index contributed by atoms with van der Waals surface area (Å²) in [5.74, 6) is 1.47. The lowest BCUT2D eigenvalue weighted by Crippen LogP contribution is -2.38. The molecule has 1 fully saturated rings. The van der Waals surface area contributed by atoms with Crippen LogP contribution in [0.3, 0.4) is 0 Å². The fraction of sp³-hybridized carbons (Fsp3) is 0.476. The predicted molar refractivity (Wildman–Crippen MR) is 107 cm³/mol. The van der Waals surface area contributed by atoms with Gasteiger partial charge >= 0.3 is 0 Å². The molecule has 0 radical (unpaired) electrons. The van der Waals surface area contributed by atoms with Gasteiger partial charge in [-0.25, -0.2) is 0 Å². The van der Waals surface area contributed by atoms with Crippen molar-refractivity contribution in [2.24, 2.45) is 0 Å². The van der Waals surface area contributed by atoms with E-state index in [0.29, 0.717) is 24.7 Å². The minimum atomic E-state index is 0.0825. The molecule has 3 rings (SSSR count). The van der Waals surface area contributed by atoms with Crippen LogP contribution in [0, 0.1) is 0 Å². The highest BCUT2D eigenvalue weighted by Crippen LogP contribution is 2.34. The van der Waals surface area contributed by atoms with E-state index in [1.54, 1.807) is 21.3 Å². The number of hydrogen-bond donors (Lipinski definition) is 0. The summed E-state index contributed by atoms with van der Waals surface area (Å²) in [6, 6.07) is 9.96. The van der Waals surface area contributed by atoms with Crippen molar-refractivity contribution in [3.8, 4) is 11.5 Å². The van der Waals surface area contributed by atoms with Crippen molar-refractivity contribution >= 4 is 17.2 Å². The highest BCUT2D eigenvalue weighted by Gasteiger charge is 2.29. The summed E-state index contributed by atoms with van der Waals surface area (Å²) in [4.78, 5) is 17.2. The molecular weight excluding hydrogens is 362 g/mol. The van der Waals surface area contributed by atoms with E-state index in [-0.39, 0.29) is 11.9 Å². The fourth-order valence-corrected chi connectivity index (χ4v) is 4.63. The van der Waals surface area contributed by atoms with Gasteiger partial charge in [0.25, 0.3) is 5.91 Å². The number of para-hydroxylation sites is 1. The van der Waals surface area contributed by atoms with E-state index in [0.717, 1.165) is 28.2 Å². The van der Waals surface area contributed by atoms with E-state index >= 15 is 0 Å². The number of hydrogen-bond acceptors (Lipinski definition) is 5. The van der Waals surface area contributed by atoms with Gasteiger partial charge < -0.3 is 19.1 Å². The maximum atomic E-state index is 13.3. The van der Waals surface area contributed by atoms with Crippen molar-refractivity contribution < 1.29 is 19.0 Å². The first-order chi connectivity index (χ1) is 13.2. The second kappa shape index (κ2) is 9.24. The molecule has 27 heavy (non-hydrogen) atoms. The second-order valence-electron chi connectivity index (χ2n) is 6.72. The Kier molecular flexibility index (Phi) is 6.74. The maximum absolute atomic E-state index is 13.3. The summed E-state index contributed by atoms with van der Waals surface area (Å²) in [5, 5.41) is 0. The van der Waals surface area contributed by atoms with Crippen LogP contribution in [0.2, 0.25) is 0 Å². The van der Waals surface area contributed by atoms with Crippen LogP contribution in [-0.2, 0) is 17.9 Å². The molecule has 0 unspecified atom stereocenters. The lowest BCUT2D eigenvalue weighted by Gasteiger charge is -2.29. The molecule has 1 aromatic heterocycles. The Morgan fingerprint density at radius 3 is 2.56 bits per heavy atom. The highest BCUT2D eigenvalue weighted by molar-refractivity contribution is 7.14. The standard InChI is InChI=1S/C21H27NO4S/c1-24-14-17-11-12-19(27-17)21(23)22(16-8-4-5-9-16)13-15-7-6-10-18(25-2)20(15)26-3/h6-7,10-12,16H,4-5,8-9,13-14H2,1-3H3. The van der Waals surface area contributed by atoms with E-state index in [2.05, 4.69) is 0 Å². The second-order valence-corrected chi connectivity index (χ2v) is 7.89. The monoisotopic (exact) mass is 389 g/mol. The zero-order chi connectivity index (χ0) is 19.2. The van der Waals surface area contributed by atoms with Gasteiger partial charge in [-0.15, -0.1) is 11.3 Å². The summed E-state index contributed by atoms with van der Waals surface area (Å²) < 4.78 is 16.2. The molecule has 0 saturated heterocycles. The molecule has 5 nitrogen and oxygen atoms in total. The molecule has 1 saturated carbocycles. The third-order valence-corrected chi connectivity index (χ3v) is 6.06. The van der Waals surface area contributed by atoms with Crippen molar-refractivity contribution in [3.63, 3.8) is 0 Å². The van der Waals surface area contributed by atoms with Crippen LogP contribution in [0.4, 0.5) is 0 Å². The summed E-state index contributed by atoms with van der Waals surface area (Å²) in [6.07, 6.45) is 4.44. The van der Waals surface area contributed by atoms with Gasteiger partial charge in [0.2, 0.25) is 0 Å². The Morgan fingerprint density at radius 2 is 1.89 bits per heavy atom. The Bertz CT molecular complexity index is 767. The van der Waals surface area contributed by atoms with Crippen LogP contribution >= 0.6 is 11.3 Å². The lowest BCUT2D eigenvalue weighted by molar-refractivity contribution is 0.0668. The topological polar surface area (TPSA) is 48.0 Å². The van der Waals surface area contributed by atoms with Gasteiger partial charge in [-0.1, -0.05) is 25.0 Å². The van der Waals surface area contributed by atoms with E-state index in [9.17, 15) is 4.79 Å². The van der Waals surface area contributed by atoms with Crippen LogP contribution in [-0.4, -0.2) is 38.2 Å². The van der Waals surface area contributed by atoms with Gasteiger partial charge in [0.05, 0.1) is 32.2 Å². The van der Waals surface area contributed by atoms with Crippen molar-refractivity contribution in [1.29, 1.82) is 0 Å². The summed E-state index contributed by atoms with van der Waals surface area (Å²) in [6.45, 7) is 1.05. The molecule has 0 aliphatic heterocycles. The van der Waals surface area contributed by atoms with Gasteiger partial charge in [-0.2, -0.15) is 0 Å². The Balaban J connectivity index is 1.89. The molecule has 1 amide bonds. The van der Waals surface area contributed by atoms with Crippen LogP contribution in [0.1, 0.15) is 45.8 Å². The van der Waals surface area contributed by atoms with Gasteiger partial charge in [-0.05, 0) is 31.0 Å². The number of ether oxygens (including phenoxy) is 3. The van der Waals surface area contributed by atoms with Gasteiger partial charge in [0.1, 0.15) is 0 Å². The number of thiophene rings is 1. The van der Waals surface area contributed by atoms with E-state index in [1.807, 2.05) is 35.2 Å². The third-order valence-electron chi connectivity index (χ3n) is 5.01. The van der Waals surface area contributed by atoms with Crippen LogP contribution in [0.5, 0.6) is 11.5 Å². The molecule has 1 heterocycles. The van der Waals surface area contributed by atoms with Gasteiger partial charge in [0.15, 0.2) is 11.5 Å². The number of methoxy groups -OCH3 is 3. The average Bonchev–Trinajstić information content (AvgIpc) is 3.37. The molecule has 2 aromatic rings. The summed E-state index contributed by atoms with van der Waals surface area (Å²) >= 11 is 1.51. The largest absolute Gasteiger partial charge is 0.493 e. The van der Waals surface area contributed by atoms with Crippen molar-refractivity contribution in [3.05, 3.63) is 45.6 Å². The fourth-order valence-electron chi connectivity index (χ4n) is 3.70. The van der Waals surface area contributed by atoms with Crippen molar-refractivity contribution in [2.45, 2.75) is 44.9 Å². The van der Waals surface area contributed by atoms with Crippen LogP contribution in [0.15, 0.2) is 30.3 Å². The molecule has 0 spiro atoms. The molecule has 1 aromatic carbocycles. The molecule has 0 N–H and O–H groups in total. The van der Waals surface area contributed by atoms with Crippen molar-refractivity contribution in [1.82, 2.24) is 4.90 Å². The SMILES string of the molecule is COCc1ccc(C(=O)N(Cc2cccc(OC)c2OC)C2CCCC2)s1. The Labute approximate surface area is 164 Å². The molecule has 0 bridgehead atoms.